The monoisotopic (exact) mass is 530 g/mol. The van der Waals surface area contributed by atoms with E-state index in [0.29, 0.717) is 32.8 Å². The molecule has 188 valence electrons. The van der Waals surface area contributed by atoms with E-state index in [2.05, 4.69) is 10.3 Å². The number of imidazole rings is 1. The Bertz CT molecular complexity index is 1550. The molecule has 1 aromatic carbocycles. The van der Waals surface area contributed by atoms with Crippen LogP contribution in [0.5, 0.6) is 0 Å². The van der Waals surface area contributed by atoms with Gasteiger partial charge in [-0.15, -0.1) is 0 Å². The molecular weight excluding hydrogens is 504 g/mol. The summed E-state index contributed by atoms with van der Waals surface area (Å²) in [6.45, 7) is 5.25. The first-order chi connectivity index (χ1) is 17.9. The molecule has 1 saturated heterocycles. The van der Waals surface area contributed by atoms with E-state index >= 15 is 0 Å². The van der Waals surface area contributed by atoms with Crippen molar-refractivity contribution in [1.82, 2.24) is 23.8 Å². The third kappa shape index (κ3) is 5.07. The molecule has 1 aliphatic rings. The van der Waals surface area contributed by atoms with Crippen molar-refractivity contribution in [3.05, 3.63) is 99.3 Å². The maximum Gasteiger partial charge on any atom is 0.267 e. The van der Waals surface area contributed by atoms with Gasteiger partial charge < -0.3 is 9.88 Å². The van der Waals surface area contributed by atoms with Crippen LogP contribution in [-0.2, 0) is 11.3 Å². The highest BCUT2D eigenvalue weighted by atomic mass is 32.2. The van der Waals surface area contributed by atoms with Crippen LogP contribution in [0.3, 0.4) is 0 Å². The zero-order chi connectivity index (χ0) is 25.9. The second kappa shape index (κ2) is 10.7. The Hall–Kier alpha value is -3.76. The summed E-state index contributed by atoms with van der Waals surface area (Å²) in [5.74, 6) is 0.234. The lowest BCUT2D eigenvalue weighted by molar-refractivity contribution is -0.123. The summed E-state index contributed by atoms with van der Waals surface area (Å²) >= 11 is 6.78. The van der Waals surface area contributed by atoms with Crippen molar-refractivity contribution in [1.29, 1.82) is 0 Å². The van der Waals surface area contributed by atoms with Gasteiger partial charge in [-0.1, -0.05) is 60.4 Å². The lowest BCUT2D eigenvalue weighted by Crippen LogP contribution is -2.31. The molecule has 0 aliphatic carbocycles. The number of thioether (sulfide) groups is 1. The largest absolute Gasteiger partial charge is 0.369 e. The van der Waals surface area contributed by atoms with Crippen molar-refractivity contribution >= 4 is 51.7 Å². The summed E-state index contributed by atoms with van der Waals surface area (Å²) in [5.41, 5.74) is 2.54. The van der Waals surface area contributed by atoms with Crippen molar-refractivity contribution in [3.63, 3.8) is 0 Å². The van der Waals surface area contributed by atoms with Crippen molar-refractivity contribution in [3.8, 4) is 0 Å². The Kier molecular flexibility index (Phi) is 7.20. The number of nitrogens with zero attached hydrogens (tertiary/aromatic N) is 5. The minimum absolute atomic E-state index is 0.217. The van der Waals surface area contributed by atoms with Crippen LogP contribution in [-0.4, -0.2) is 40.6 Å². The fourth-order valence-corrected chi connectivity index (χ4v) is 5.69. The lowest BCUT2D eigenvalue weighted by atomic mass is 10.1. The number of thiocarbonyl (C=S) groups is 1. The molecule has 1 N–H and O–H groups in total. The summed E-state index contributed by atoms with van der Waals surface area (Å²) in [6.07, 6.45) is 9.55. The summed E-state index contributed by atoms with van der Waals surface area (Å²) in [4.78, 5) is 37.9. The number of aromatic nitrogens is 4. The van der Waals surface area contributed by atoms with Gasteiger partial charge in [0, 0.05) is 31.7 Å². The molecule has 0 bridgehead atoms. The number of carbonyl (C=O) groups excluding carboxylic acids is 1. The SMILES string of the molecule is Cc1cccn2c(=O)c(/C=C3\SC(=S)N([C@@H](C)c4ccccc4)C3=O)c(NCCCn3ccnc3)nc12. The Balaban J connectivity index is 1.48. The number of hydrogen-bond acceptors (Lipinski definition) is 7. The molecule has 8 nitrogen and oxygen atoms in total. The number of hydrogen-bond donors (Lipinski definition) is 1. The van der Waals surface area contributed by atoms with Gasteiger partial charge in [-0.2, -0.15) is 0 Å². The van der Waals surface area contributed by atoms with Crippen LogP contribution in [0.4, 0.5) is 5.82 Å². The maximum absolute atomic E-state index is 13.6. The van der Waals surface area contributed by atoms with E-state index in [-0.39, 0.29) is 17.5 Å². The highest BCUT2D eigenvalue weighted by Crippen LogP contribution is 2.38. The van der Waals surface area contributed by atoms with E-state index < -0.39 is 0 Å². The molecule has 4 aromatic rings. The first-order valence-electron chi connectivity index (χ1n) is 12.0. The standard InChI is InChI=1S/C27H26N6O2S2/c1-18-8-6-14-32-24(18)30-23(29-11-7-13-31-15-12-28-17-31)21(25(32)34)16-22-26(35)33(27(36)37-22)19(2)20-9-4-3-5-10-20/h3-6,8-10,12,14-17,19,29H,7,11,13H2,1-2H3/b22-16-/t19-/m0/s1. The van der Waals surface area contributed by atoms with Crippen LogP contribution >= 0.6 is 24.0 Å². The topological polar surface area (TPSA) is 84.5 Å². The normalized spacial score (nSPS) is 15.6. The smallest absolute Gasteiger partial charge is 0.267 e. The molecule has 5 rings (SSSR count). The average Bonchev–Trinajstić information content (AvgIpc) is 3.52. The number of amides is 1. The molecule has 1 atom stereocenters. The lowest BCUT2D eigenvalue weighted by Gasteiger charge is -2.23. The average molecular weight is 531 g/mol. The first kappa shape index (κ1) is 24.9. The van der Waals surface area contributed by atoms with Gasteiger partial charge in [0.2, 0.25) is 0 Å². The number of benzene rings is 1. The van der Waals surface area contributed by atoms with Crippen molar-refractivity contribution in [2.24, 2.45) is 0 Å². The van der Waals surface area contributed by atoms with Gasteiger partial charge in [-0.3, -0.25) is 18.9 Å². The van der Waals surface area contributed by atoms with Gasteiger partial charge >= 0.3 is 0 Å². The van der Waals surface area contributed by atoms with Crippen LogP contribution in [0.15, 0.2) is 77.1 Å². The third-order valence-corrected chi connectivity index (χ3v) is 7.63. The highest BCUT2D eigenvalue weighted by Gasteiger charge is 2.36. The van der Waals surface area contributed by atoms with Gasteiger partial charge in [-0.05, 0) is 43.5 Å². The summed E-state index contributed by atoms with van der Waals surface area (Å²) < 4.78 is 3.98. The number of pyridine rings is 1. The Morgan fingerprint density at radius 3 is 2.70 bits per heavy atom. The van der Waals surface area contributed by atoms with Gasteiger partial charge in [0.25, 0.3) is 11.5 Å². The molecule has 37 heavy (non-hydrogen) atoms. The molecule has 10 heteroatoms. The molecule has 4 heterocycles. The van der Waals surface area contributed by atoms with E-state index in [9.17, 15) is 9.59 Å². The van der Waals surface area contributed by atoms with Crippen LogP contribution in [0, 0.1) is 6.92 Å². The van der Waals surface area contributed by atoms with Gasteiger partial charge in [0.1, 0.15) is 15.8 Å². The summed E-state index contributed by atoms with van der Waals surface area (Å²) in [6, 6.07) is 13.3. The van der Waals surface area contributed by atoms with E-state index in [1.807, 2.05) is 67.1 Å². The minimum Gasteiger partial charge on any atom is -0.369 e. The number of rotatable bonds is 8. The van der Waals surface area contributed by atoms with Gasteiger partial charge in [-0.25, -0.2) is 9.97 Å². The number of fused-ring (bicyclic) bond motifs is 1. The number of carbonyl (C=O) groups is 1. The van der Waals surface area contributed by atoms with E-state index in [1.165, 1.54) is 16.2 Å². The van der Waals surface area contributed by atoms with Crippen molar-refractivity contribution < 1.29 is 4.79 Å². The fraction of sp³-hybridized carbons (Fsp3) is 0.222. The number of nitrogens with one attached hydrogen (secondary N) is 1. The van der Waals surface area contributed by atoms with Crippen LogP contribution in [0.25, 0.3) is 11.7 Å². The Labute approximate surface area is 224 Å². The quantitative estimate of drug-likeness (QED) is 0.201. The first-order valence-corrected chi connectivity index (χ1v) is 13.2. The predicted octanol–water partition coefficient (Wildman–Crippen LogP) is 4.66. The highest BCUT2D eigenvalue weighted by molar-refractivity contribution is 8.26. The van der Waals surface area contributed by atoms with Crippen LogP contribution in [0.2, 0.25) is 0 Å². The van der Waals surface area contributed by atoms with E-state index in [1.54, 1.807) is 29.7 Å². The van der Waals surface area contributed by atoms with E-state index in [4.69, 9.17) is 17.2 Å². The molecule has 0 spiro atoms. The molecule has 0 radical (unpaired) electrons. The predicted molar refractivity (Wildman–Crippen MR) is 151 cm³/mol. The van der Waals surface area contributed by atoms with Crippen molar-refractivity contribution in [2.45, 2.75) is 32.9 Å². The molecule has 1 fully saturated rings. The Morgan fingerprint density at radius 2 is 1.95 bits per heavy atom. The molecular formula is C27H26N6O2S2. The zero-order valence-corrected chi connectivity index (χ0v) is 22.1. The Morgan fingerprint density at radius 1 is 1.14 bits per heavy atom. The zero-order valence-electron chi connectivity index (χ0n) is 20.5. The molecule has 0 saturated carbocycles. The van der Waals surface area contributed by atoms with Gasteiger partial charge in [0.05, 0.1) is 22.8 Å². The minimum atomic E-state index is -0.243. The third-order valence-electron chi connectivity index (χ3n) is 6.30. The summed E-state index contributed by atoms with van der Waals surface area (Å²) in [7, 11) is 0. The van der Waals surface area contributed by atoms with Crippen LogP contribution in [0.1, 0.15) is 36.1 Å². The fourth-order valence-electron chi connectivity index (χ4n) is 4.29. The van der Waals surface area contributed by atoms with Crippen LogP contribution < -0.4 is 10.9 Å². The molecule has 3 aromatic heterocycles. The second-order valence-electron chi connectivity index (χ2n) is 8.78. The van der Waals surface area contributed by atoms with Crippen molar-refractivity contribution in [2.75, 3.05) is 11.9 Å². The maximum atomic E-state index is 13.6. The molecule has 1 amide bonds. The molecule has 0 unspecified atom stereocenters. The van der Waals surface area contributed by atoms with Gasteiger partial charge in [0.15, 0.2) is 0 Å². The molecule has 1 aliphatic heterocycles. The number of aryl methyl sites for hydroxylation is 2. The second-order valence-corrected chi connectivity index (χ2v) is 10.5. The van der Waals surface area contributed by atoms with E-state index in [0.717, 1.165) is 24.1 Å². The number of anilines is 1. The summed E-state index contributed by atoms with van der Waals surface area (Å²) in [5, 5.41) is 3.33.